The molecule has 402 valence electrons. The Balaban J connectivity index is 1.76. The number of aliphatic imine (C=N–C) groups is 2. The maximum absolute atomic E-state index is 14.7. The van der Waals surface area contributed by atoms with Crippen LogP contribution in [0.25, 0.3) is 10.9 Å². The number of carbonyl (C=O) groups is 9. The quantitative estimate of drug-likeness (QED) is 0.0461. The van der Waals surface area contributed by atoms with Gasteiger partial charge in [-0.25, -0.2) is 0 Å². The minimum Gasteiger partial charge on any atom is -0.370 e. The smallest absolute Gasteiger partial charge is 0.243 e. The van der Waals surface area contributed by atoms with E-state index in [1.165, 1.54) is 6.92 Å². The average Bonchev–Trinajstić information content (AvgIpc) is 3.75. The van der Waals surface area contributed by atoms with E-state index in [1.807, 2.05) is 24.3 Å². The summed E-state index contributed by atoms with van der Waals surface area (Å²) in [5.74, 6) is -9.02. The number of aromatic amines is 1. The third-order valence-electron chi connectivity index (χ3n) is 12.7. The molecule has 23 heteroatoms. The van der Waals surface area contributed by atoms with Gasteiger partial charge in [0.05, 0.1) is 12.5 Å². The summed E-state index contributed by atoms with van der Waals surface area (Å²) in [6, 6.07) is 9.84. The van der Waals surface area contributed by atoms with Crippen LogP contribution >= 0.6 is 0 Å². The lowest BCUT2D eigenvalue weighted by Crippen LogP contribution is -2.59. The number of guanidine groups is 2. The molecular weight excluding hydrogens is 953 g/mol. The molecule has 1 aliphatic rings. The van der Waals surface area contributed by atoms with Crippen LogP contribution in [0.15, 0.2) is 70.8 Å². The van der Waals surface area contributed by atoms with Crippen molar-refractivity contribution in [1.82, 2.24) is 36.9 Å². The third kappa shape index (κ3) is 19.6. The van der Waals surface area contributed by atoms with Gasteiger partial charge >= 0.3 is 0 Å². The lowest BCUT2D eigenvalue weighted by atomic mass is 9.83. The molecule has 2 heterocycles. The second-order valence-electron chi connectivity index (χ2n) is 19.0. The number of amides is 7. The second-order valence-corrected chi connectivity index (χ2v) is 19.0. The maximum Gasteiger partial charge on any atom is 0.243 e. The van der Waals surface area contributed by atoms with Gasteiger partial charge < -0.3 is 65.6 Å². The number of hydrogen-bond donors (Lipinski definition) is 12. The molecule has 0 aliphatic carbocycles. The Morgan fingerprint density at radius 1 is 0.730 bits per heavy atom. The van der Waals surface area contributed by atoms with Crippen LogP contribution in [0.5, 0.6) is 0 Å². The number of benzene rings is 2. The summed E-state index contributed by atoms with van der Waals surface area (Å²) < 4.78 is 0. The number of hydrogen-bond acceptors (Lipinski definition) is 11. The minimum absolute atomic E-state index is 0.00817. The molecule has 0 spiro atoms. The summed E-state index contributed by atoms with van der Waals surface area (Å²) in [6.45, 7) is 4.84. The Labute approximate surface area is 430 Å². The van der Waals surface area contributed by atoms with Crippen LogP contribution in [0.4, 0.5) is 0 Å². The van der Waals surface area contributed by atoms with Crippen molar-refractivity contribution in [3.63, 3.8) is 0 Å². The summed E-state index contributed by atoms with van der Waals surface area (Å²) >= 11 is 0. The number of ketones is 2. The van der Waals surface area contributed by atoms with Gasteiger partial charge in [-0.2, -0.15) is 0 Å². The van der Waals surface area contributed by atoms with Crippen molar-refractivity contribution in [1.29, 1.82) is 0 Å². The van der Waals surface area contributed by atoms with Gasteiger partial charge in [0.1, 0.15) is 30.0 Å². The van der Waals surface area contributed by atoms with Crippen molar-refractivity contribution in [3.05, 3.63) is 71.9 Å². The first kappa shape index (κ1) is 58.7. The predicted molar refractivity (Wildman–Crippen MR) is 279 cm³/mol. The van der Waals surface area contributed by atoms with Crippen molar-refractivity contribution in [3.8, 4) is 0 Å². The molecule has 74 heavy (non-hydrogen) atoms. The summed E-state index contributed by atoms with van der Waals surface area (Å²) in [7, 11) is 0. The molecule has 1 saturated heterocycles. The van der Waals surface area contributed by atoms with Gasteiger partial charge in [0.15, 0.2) is 17.7 Å². The van der Waals surface area contributed by atoms with Gasteiger partial charge in [-0.3, -0.25) is 53.1 Å². The van der Waals surface area contributed by atoms with Crippen molar-refractivity contribution in [2.24, 2.45) is 56.4 Å². The summed E-state index contributed by atoms with van der Waals surface area (Å²) in [5.41, 5.74) is 30.1. The first-order chi connectivity index (χ1) is 35.2. The number of primary amides is 1. The molecule has 0 radical (unpaired) electrons. The standard InChI is InChI=1S/C51H74N14O9/c1-29(2)44-49(74)63-39(23-31-13-5-4-6-14-31)42(68)25-32(15-11-21-58-50(53)54)41(67)26-33(24-34-28-60-36-17-8-7-16-35(34)36)46(71)62-37(45(52)70)18-9-10-20-57-43(69)27-40(48(73)65-44)64-47(72)38(61-30(3)66)19-12-22-59-51(55)56/h4-8,13-14,16-17,28-29,32-33,37-40,44,60H,9-12,15,18-27H2,1-3H3,(H2,52,70)(H,57,69)(H,61,66)(H,62,71)(H,63,74)(H,64,72)(H,65,73)(H4,53,54,58)(H4,55,56,59)/t32-,33-,37+,38+,39-,40+,44?/m1/s1. The Hall–Kier alpha value is -7.85. The fraction of sp³-hybridized carbons (Fsp3) is 0.510. The summed E-state index contributed by atoms with van der Waals surface area (Å²) in [4.78, 5) is 136. The number of Topliss-reactive ketones (excluding diaryl/α,β-unsaturated/α-hetero) is 2. The molecule has 17 N–H and O–H groups in total. The number of H-pyrrole nitrogens is 1. The molecule has 0 saturated carbocycles. The number of fused-ring (bicyclic) bond motifs is 1. The van der Waals surface area contributed by atoms with E-state index in [2.05, 4.69) is 46.9 Å². The molecule has 7 amide bonds. The number of nitrogens with one attached hydrogen (secondary N) is 7. The lowest BCUT2D eigenvalue weighted by Gasteiger charge is -2.28. The third-order valence-corrected chi connectivity index (χ3v) is 12.7. The fourth-order valence-electron chi connectivity index (χ4n) is 8.72. The molecule has 1 aliphatic heterocycles. The van der Waals surface area contributed by atoms with E-state index < -0.39 is 107 Å². The van der Waals surface area contributed by atoms with Crippen LogP contribution < -0.4 is 60.6 Å². The largest absolute Gasteiger partial charge is 0.370 e. The molecule has 1 unspecified atom stereocenters. The highest BCUT2D eigenvalue weighted by Crippen LogP contribution is 2.26. The van der Waals surface area contributed by atoms with Crippen molar-refractivity contribution in [2.45, 2.75) is 128 Å². The molecule has 1 aromatic heterocycles. The fourth-order valence-corrected chi connectivity index (χ4v) is 8.72. The van der Waals surface area contributed by atoms with Crippen LogP contribution in [-0.4, -0.2) is 120 Å². The first-order valence-electron chi connectivity index (χ1n) is 25.0. The zero-order valence-corrected chi connectivity index (χ0v) is 42.5. The summed E-state index contributed by atoms with van der Waals surface area (Å²) in [6.07, 6.45) is 1.89. The van der Waals surface area contributed by atoms with Gasteiger partial charge in [-0.15, -0.1) is 0 Å². The van der Waals surface area contributed by atoms with E-state index >= 15 is 0 Å². The number of para-hydroxylation sites is 1. The second kappa shape index (κ2) is 29.6. The highest BCUT2D eigenvalue weighted by molar-refractivity contribution is 5.99. The zero-order chi connectivity index (χ0) is 54.3. The van der Waals surface area contributed by atoms with Gasteiger partial charge in [-0.1, -0.05) is 62.4 Å². The van der Waals surface area contributed by atoms with Gasteiger partial charge in [0.25, 0.3) is 0 Å². The SMILES string of the molecule is CC(=O)N[C@@H](CCCN=C(N)N)C(=O)N[C@H]1CC(=O)NCCCC[C@@H](C(N)=O)NC(=O)[C@H](Cc2c[nH]c3ccccc23)CC(=O)[C@H](CCCN=C(N)N)CC(=O)[C@@H](Cc2ccccc2)NC(=O)C(C(C)C)NC1=O. The van der Waals surface area contributed by atoms with E-state index in [0.717, 1.165) is 16.5 Å². The van der Waals surface area contributed by atoms with Crippen molar-refractivity contribution < 1.29 is 43.2 Å². The Morgan fingerprint density at radius 2 is 1.39 bits per heavy atom. The highest BCUT2D eigenvalue weighted by atomic mass is 16.2. The number of aromatic nitrogens is 1. The Bertz CT molecular complexity index is 2490. The molecule has 7 atom stereocenters. The topological polar surface area (TPSA) is 396 Å². The van der Waals surface area contributed by atoms with E-state index in [0.29, 0.717) is 12.0 Å². The summed E-state index contributed by atoms with van der Waals surface area (Å²) in [5, 5.41) is 16.9. The van der Waals surface area contributed by atoms with E-state index in [9.17, 15) is 43.2 Å². The molecule has 23 nitrogen and oxygen atoms in total. The lowest BCUT2D eigenvalue weighted by molar-refractivity contribution is -0.136. The van der Waals surface area contributed by atoms with Crippen LogP contribution in [0.3, 0.4) is 0 Å². The predicted octanol–water partition coefficient (Wildman–Crippen LogP) is -0.514. The van der Waals surface area contributed by atoms with Crippen LogP contribution in [-0.2, 0) is 56.0 Å². The highest BCUT2D eigenvalue weighted by Gasteiger charge is 2.36. The minimum atomic E-state index is -1.58. The molecule has 4 rings (SSSR count). The van der Waals surface area contributed by atoms with Gasteiger partial charge in [0.2, 0.25) is 41.4 Å². The molecule has 3 aromatic rings. The van der Waals surface area contributed by atoms with Crippen LogP contribution in [0, 0.1) is 17.8 Å². The van der Waals surface area contributed by atoms with Gasteiger partial charge in [-0.05, 0) is 80.9 Å². The van der Waals surface area contributed by atoms with Crippen molar-refractivity contribution in [2.75, 3.05) is 19.6 Å². The number of rotatable bonds is 17. The van der Waals surface area contributed by atoms with E-state index in [1.54, 1.807) is 50.4 Å². The zero-order valence-electron chi connectivity index (χ0n) is 42.5. The molecular formula is C51H74N14O9. The van der Waals surface area contributed by atoms with E-state index in [-0.39, 0.29) is 95.8 Å². The maximum atomic E-state index is 14.7. The molecule has 1 fully saturated rings. The number of nitrogens with two attached hydrogens (primary N) is 5. The normalized spacial score (nSPS) is 21.5. The van der Waals surface area contributed by atoms with Crippen LogP contribution in [0.1, 0.15) is 96.1 Å². The van der Waals surface area contributed by atoms with Gasteiger partial charge in [0, 0.05) is 68.3 Å². The Kier molecular flexibility index (Phi) is 23.5. The first-order valence-corrected chi connectivity index (χ1v) is 25.0. The Morgan fingerprint density at radius 3 is 2.05 bits per heavy atom. The van der Waals surface area contributed by atoms with E-state index in [4.69, 9.17) is 28.7 Å². The molecule has 2 aromatic carbocycles. The number of nitrogens with zero attached hydrogens (tertiary/aromatic N) is 2. The van der Waals surface area contributed by atoms with Crippen molar-refractivity contribution >= 4 is 75.7 Å². The number of carbonyl (C=O) groups excluding carboxylic acids is 9. The van der Waals surface area contributed by atoms with Crippen LogP contribution in [0.2, 0.25) is 0 Å². The monoisotopic (exact) mass is 1030 g/mol. The molecule has 0 bridgehead atoms. The average molecular weight is 1030 g/mol.